The number of hydrogen-bond acceptors (Lipinski definition) is 12. The predicted molar refractivity (Wildman–Crippen MR) is 217 cm³/mol. The normalized spacial score (nSPS) is 27.8. The molecule has 0 bridgehead atoms. The Morgan fingerprint density at radius 3 is 2.52 bits per heavy atom. The highest BCUT2D eigenvalue weighted by Crippen LogP contribution is 2.52. The van der Waals surface area contributed by atoms with E-state index in [1.165, 1.54) is 17.5 Å². The third-order valence-corrected chi connectivity index (χ3v) is 12.9. The minimum Gasteiger partial charge on any atom is -0.491 e. The molecule has 8 atom stereocenters. The average molecular weight is 852 g/mol. The Morgan fingerprint density at radius 2 is 1.85 bits per heavy atom. The number of carbonyl (C=O) groups is 4. The highest BCUT2D eigenvalue weighted by Gasteiger charge is 2.61. The van der Waals surface area contributed by atoms with E-state index in [2.05, 4.69) is 25.5 Å². The fraction of sp³-hybridized carbons (Fsp3) is 0.619. The number of ether oxygens (including phenoxy) is 5. The number of fused-ring (bicyclic) bond motifs is 2. The van der Waals surface area contributed by atoms with Gasteiger partial charge < -0.3 is 49.3 Å². The number of aromatic nitrogens is 3. The Hall–Kier alpha value is -4.87. The van der Waals surface area contributed by atoms with E-state index in [4.69, 9.17) is 40.3 Å². The van der Waals surface area contributed by atoms with Crippen molar-refractivity contribution in [2.75, 3.05) is 46.0 Å². The van der Waals surface area contributed by atoms with Crippen LogP contribution in [-0.4, -0.2) is 130 Å². The first-order valence-corrected chi connectivity index (χ1v) is 21.3. The summed E-state index contributed by atoms with van der Waals surface area (Å²) < 4.78 is 30.0. The number of nitrogens with zero attached hydrogens (tertiary/aromatic N) is 4. The molecule has 3 aliphatic carbocycles. The number of carbonyl (C=O) groups excluding carboxylic acids is 3. The van der Waals surface area contributed by atoms with Gasteiger partial charge in [0.2, 0.25) is 17.7 Å². The quantitative estimate of drug-likeness (QED) is 0.163. The zero-order valence-electron chi connectivity index (χ0n) is 34.4. The van der Waals surface area contributed by atoms with Crippen molar-refractivity contribution in [3.8, 4) is 23.4 Å². The summed E-state index contributed by atoms with van der Waals surface area (Å²) >= 11 is 6.98. The smallest absolute Gasteiger partial charge is 0.408 e. The van der Waals surface area contributed by atoms with Crippen LogP contribution >= 0.6 is 11.6 Å². The summed E-state index contributed by atoms with van der Waals surface area (Å²) in [5, 5.41) is 16.5. The van der Waals surface area contributed by atoms with Gasteiger partial charge in [0.1, 0.15) is 58.5 Å². The number of aliphatic carboxylic acids is 1. The summed E-state index contributed by atoms with van der Waals surface area (Å²) in [7, 11) is 0. The molecule has 5 aliphatic rings. The Labute approximate surface area is 353 Å². The van der Waals surface area contributed by atoms with Crippen molar-refractivity contribution in [2.45, 2.75) is 96.1 Å². The highest BCUT2D eigenvalue weighted by molar-refractivity contribution is 6.36. The summed E-state index contributed by atoms with van der Waals surface area (Å²) in [6, 6.07) is 3.08. The summed E-state index contributed by atoms with van der Waals surface area (Å²) in [6.45, 7) is 11.3. The Kier molecular flexibility index (Phi) is 11.8. The molecule has 60 heavy (non-hydrogen) atoms. The van der Waals surface area contributed by atoms with Crippen molar-refractivity contribution in [2.24, 2.45) is 23.2 Å². The molecule has 0 unspecified atom stereocenters. The van der Waals surface area contributed by atoms with Crippen LogP contribution in [0.3, 0.4) is 0 Å². The first kappa shape index (κ1) is 41.8. The van der Waals surface area contributed by atoms with E-state index in [1.54, 1.807) is 24.4 Å². The maximum absolute atomic E-state index is 14.7. The second-order valence-electron chi connectivity index (χ2n) is 17.8. The minimum absolute atomic E-state index is 0.0187. The van der Waals surface area contributed by atoms with Crippen LogP contribution in [0, 0.1) is 23.2 Å². The zero-order valence-corrected chi connectivity index (χ0v) is 35.2. The molecular formula is C42H54ClN7O10. The number of aromatic amines is 1. The van der Waals surface area contributed by atoms with Gasteiger partial charge in [-0.1, -0.05) is 45.7 Å². The number of nitrogens with one attached hydrogen (secondary N) is 3. The summed E-state index contributed by atoms with van der Waals surface area (Å²) in [4.78, 5) is 70.1. The first-order valence-electron chi connectivity index (χ1n) is 21.0. The number of H-pyrrole nitrogens is 1. The first-order chi connectivity index (χ1) is 28.7. The maximum Gasteiger partial charge on any atom is 0.408 e. The van der Waals surface area contributed by atoms with E-state index in [1.807, 2.05) is 27.7 Å². The molecule has 5 fully saturated rings. The monoisotopic (exact) mass is 851 g/mol. The summed E-state index contributed by atoms with van der Waals surface area (Å²) in [6.07, 6.45) is 5.14. The number of pyridine rings is 1. The average Bonchev–Trinajstić information content (AvgIpc) is 3.85. The molecule has 0 spiro atoms. The van der Waals surface area contributed by atoms with Gasteiger partial charge in [-0.3, -0.25) is 14.5 Å². The number of amides is 3. The van der Waals surface area contributed by atoms with Crippen LogP contribution < -0.4 is 24.8 Å². The van der Waals surface area contributed by atoms with E-state index in [9.17, 15) is 24.3 Å². The molecule has 324 valence electrons. The lowest BCUT2D eigenvalue weighted by Crippen LogP contribution is -2.59. The van der Waals surface area contributed by atoms with Gasteiger partial charge >= 0.3 is 12.1 Å². The molecule has 3 saturated carbocycles. The highest BCUT2D eigenvalue weighted by atomic mass is 35.5. The van der Waals surface area contributed by atoms with Crippen LogP contribution in [0.2, 0.25) is 5.02 Å². The molecule has 1 aromatic carbocycles. The molecule has 4 N–H and O–H groups in total. The van der Waals surface area contributed by atoms with Crippen molar-refractivity contribution in [3.05, 3.63) is 35.6 Å². The van der Waals surface area contributed by atoms with Gasteiger partial charge in [0.25, 0.3) is 6.01 Å². The summed E-state index contributed by atoms with van der Waals surface area (Å²) in [5.74, 6) is -0.474. The lowest BCUT2D eigenvalue weighted by atomic mass is 9.85. The lowest BCUT2D eigenvalue weighted by molar-refractivity contribution is -0.146. The van der Waals surface area contributed by atoms with Crippen molar-refractivity contribution < 1.29 is 48.0 Å². The fourth-order valence-corrected chi connectivity index (χ4v) is 9.25. The van der Waals surface area contributed by atoms with Gasteiger partial charge in [0, 0.05) is 49.9 Å². The molecule has 8 rings (SSSR count). The number of morpholine rings is 1. The van der Waals surface area contributed by atoms with Crippen LogP contribution in [0.5, 0.6) is 23.4 Å². The van der Waals surface area contributed by atoms with E-state index in [0.29, 0.717) is 67.0 Å². The molecule has 0 radical (unpaired) electrons. The number of halogens is 1. The van der Waals surface area contributed by atoms with Crippen LogP contribution in [-0.2, 0) is 23.9 Å². The molecular weight excluding hydrogens is 798 g/mol. The van der Waals surface area contributed by atoms with Gasteiger partial charge in [-0.25, -0.2) is 19.6 Å². The number of likely N-dealkylation sites (tertiary alicyclic amines) is 1. The number of benzene rings is 1. The molecule has 2 saturated heterocycles. The van der Waals surface area contributed by atoms with Crippen LogP contribution in [0.1, 0.15) is 66.2 Å². The van der Waals surface area contributed by atoms with Crippen LogP contribution in [0.4, 0.5) is 4.79 Å². The maximum atomic E-state index is 14.7. The number of imidazole rings is 1. The van der Waals surface area contributed by atoms with Gasteiger partial charge in [-0.2, -0.15) is 0 Å². The number of carboxylic acids is 1. The molecule has 18 heteroatoms. The number of alkyl carbamates (subject to hydrolysis) is 1. The SMILES string of the molecule is CC[C@@H]1C[C@]1(NC(=O)[C@@H]1C[C@@H](Oc2cc(Oc3ncc[nH]3)nc3c(Cl)c(OCCN4CCOCC4)ccc23)CN1C(=O)[C@@H](NC(=O)O[C@@H]1C[C@@H]2C[C@@H]2C1)C(C)(C)C)C(=O)O. The number of hydrogen-bond donors (Lipinski definition) is 4. The lowest BCUT2D eigenvalue weighted by Gasteiger charge is -2.35. The van der Waals surface area contributed by atoms with E-state index in [-0.39, 0.29) is 48.3 Å². The second kappa shape index (κ2) is 16.9. The van der Waals surface area contributed by atoms with Gasteiger partial charge in [-0.05, 0) is 61.0 Å². The Balaban J connectivity index is 1.06. The number of carboxylic acid groups (broad SMARTS) is 1. The van der Waals surface area contributed by atoms with Crippen molar-refractivity contribution in [1.82, 2.24) is 35.4 Å². The van der Waals surface area contributed by atoms with Gasteiger partial charge in [-0.15, -0.1) is 0 Å². The Morgan fingerprint density at radius 1 is 1.08 bits per heavy atom. The zero-order chi connectivity index (χ0) is 42.3. The number of rotatable bonds is 15. The largest absolute Gasteiger partial charge is 0.491 e. The molecule has 17 nitrogen and oxygen atoms in total. The van der Waals surface area contributed by atoms with Gasteiger partial charge in [0.05, 0.1) is 19.8 Å². The molecule has 2 aromatic heterocycles. The topological polar surface area (TPSA) is 207 Å². The van der Waals surface area contributed by atoms with E-state index < -0.39 is 53.0 Å². The van der Waals surface area contributed by atoms with E-state index in [0.717, 1.165) is 25.9 Å². The van der Waals surface area contributed by atoms with Gasteiger partial charge in [0.15, 0.2) is 0 Å². The standard InChI is InChI=1S/C42H54ClN7O10/c1-5-25-21-42(25,38(53)54)48-36(51)29-19-27(22-50(29)37(52)35(41(2,3)4)47-40(55)59-26-17-23-16-24(23)18-26)58-31-20-32(60-39-44-8-9-45-39)46-34-28(31)6-7-30(33(34)43)57-15-12-49-10-13-56-14-11-49/h6-9,20,23-27,29,35H,5,10-19,21-22H2,1-4H3,(H,44,45)(H,47,55)(H,48,51)(H,53,54)/t23-,24+,25-,26+,27-,29+,35-,42-/m1/s1. The second-order valence-corrected chi connectivity index (χ2v) is 18.2. The molecule has 4 heterocycles. The minimum atomic E-state index is -1.43. The van der Waals surface area contributed by atoms with Crippen LogP contribution in [0.15, 0.2) is 30.6 Å². The third kappa shape index (κ3) is 8.93. The third-order valence-electron chi connectivity index (χ3n) is 12.6. The van der Waals surface area contributed by atoms with Crippen LogP contribution in [0.25, 0.3) is 10.9 Å². The molecule has 3 aromatic rings. The summed E-state index contributed by atoms with van der Waals surface area (Å²) in [5.41, 5.74) is -1.89. The fourth-order valence-electron chi connectivity index (χ4n) is 8.98. The van der Waals surface area contributed by atoms with Crippen molar-refractivity contribution >= 4 is 46.4 Å². The van der Waals surface area contributed by atoms with Crippen molar-refractivity contribution in [3.63, 3.8) is 0 Å². The predicted octanol–water partition coefficient (Wildman–Crippen LogP) is 4.77. The van der Waals surface area contributed by atoms with E-state index >= 15 is 0 Å². The van der Waals surface area contributed by atoms with Crippen molar-refractivity contribution in [1.29, 1.82) is 0 Å². The molecule has 3 amide bonds. The Bertz CT molecular complexity index is 2080. The molecule has 2 aliphatic heterocycles.